The van der Waals surface area contributed by atoms with E-state index in [0.29, 0.717) is 0 Å². The minimum Gasteiger partial charge on any atom is -0.412 e. The van der Waals surface area contributed by atoms with Crippen LogP contribution in [0.3, 0.4) is 0 Å². The SMILES string of the molecule is N.O.[Co].[Mn].[Ni]. The van der Waals surface area contributed by atoms with Crippen molar-refractivity contribution in [2.45, 2.75) is 0 Å². The van der Waals surface area contributed by atoms with Crippen LogP contribution in [-0.2, 0) is 50.3 Å². The summed E-state index contributed by atoms with van der Waals surface area (Å²) >= 11 is 0. The van der Waals surface area contributed by atoms with E-state index < -0.39 is 0 Å². The zero-order valence-electron chi connectivity index (χ0n) is 2.23. The van der Waals surface area contributed by atoms with Gasteiger partial charge in [0, 0.05) is 50.3 Å². The van der Waals surface area contributed by atoms with E-state index in [9.17, 15) is 0 Å². The van der Waals surface area contributed by atoms with Gasteiger partial charge in [-0.1, -0.05) is 0 Å². The van der Waals surface area contributed by atoms with Crippen molar-refractivity contribution < 1.29 is 55.8 Å². The van der Waals surface area contributed by atoms with Gasteiger partial charge in [-0.3, -0.25) is 0 Å². The van der Waals surface area contributed by atoms with Gasteiger partial charge in [0.25, 0.3) is 0 Å². The van der Waals surface area contributed by atoms with E-state index in [1.165, 1.54) is 0 Å². The van der Waals surface area contributed by atoms with Gasteiger partial charge < -0.3 is 11.6 Å². The van der Waals surface area contributed by atoms with Crippen LogP contribution in [0.4, 0.5) is 0 Å². The largest absolute Gasteiger partial charge is 0.412 e. The fourth-order valence-electron chi connectivity index (χ4n) is 0. The molecule has 0 saturated carbocycles. The van der Waals surface area contributed by atoms with Crippen molar-refractivity contribution >= 4 is 0 Å². The van der Waals surface area contributed by atoms with Crippen LogP contribution in [0.15, 0.2) is 0 Å². The summed E-state index contributed by atoms with van der Waals surface area (Å²) in [6.07, 6.45) is 0. The summed E-state index contributed by atoms with van der Waals surface area (Å²) in [7, 11) is 0. The number of hydrogen-bond acceptors (Lipinski definition) is 1. The summed E-state index contributed by atoms with van der Waals surface area (Å²) in [5, 5.41) is 0. The summed E-state index contributed by atoms with van der Waals surface area (Å²) in [5.41, 5.74) is 0. The molecule has 2 nitrogen and oxygen atoms in total. The van der Waals surface area contributed by atoms with Crippen molar-refractivity contribution in [2.75, 3.05) is 0 Å². The van der Waals surface area contributed by atoms with Crippen molar-refractivity contribution in [3.05, 3.63) is 0 Å². The molecule has 0 aromatic rings. The van der Waals surface area contributed by atoms with E-state index in [-0.39, 0.29) is 62.0 Å². The second kappa shape index (κ2) is 51.7. The van der Waals surface area contributed by atoms with E-state index >= 15 is 0 Å². The molecule has 0 heterocycles. The summed E-state index contributed by atoms with van der Waals surface area (Å²) in [4.78, 5) is 0. The van der Waals surface area contributed by atoms with Crippen LogP contribution in [0, 0.1) is 0 Å². The van der Waals surface area contributed by atoms with E-state index in [0.717, 1.165) is 0 Å². The maximum atomic E-state index is 0. The first-order valence-electron chi connectivity index (χ1n) is 0. The van der Waals surface area contributed by atoms with E-state index in [1.807, 2.05) is 0 Å². The van der Waals surface area contributed by atoms with Gasteiger partial charge in [-0.2, -0.15) is 0 Å². The minimum absolute atomic E-state index is 0. The van der Waals surface area contributed by atoms with Gasteiger partial charge in [0.05, 0.1) is 0 Å². The van der Waals surface area contributed by atoms with Gasteiger partial charge in [-0.15, -0.1) is 0 Å². The zero-order chi connectivity index (χ0) is 0. The van der Waals surface area contributed by atoms with E-state index in [1.54, 1.807) is 0 Å². The monoisotopic (exact) mass is 207 g/mol. The molecule has 2 radical (unpaired) electrons. The van der Waals surface area contributed by atoms with Crippen LogP contribution in [-0.4, -0.2) is 5.48 Å². The third kappa shape index (κ3) is 31.1. The Kier molecular flexibility index (Phi) is 951. The molecule has 0 aromatic carbocycles. The van der Waals surface area contributed by atoms with Gasteiger partial charge in [-0.25, -0.2) is 0 Å². The van der Waals surface area contributed by atoms with E-state index in [2.05, 4.69) is 0 Å². The normalized spacial score (nSPS) is 0. The zero-order valence-corrected chi connectivity index (χ0v) is 5.44. The van der Waals surface area contributed by atoms with Crippen molar-refractivity contribution in [1.82, 2.24) is 6.15 Å². The maximum Gasteiger partial charge on any atom is 0 e. The maximum absolute atomic E-state index is 0. The molecule has 5 heavy (non-hydrogen) atoms. The Morgan fingerprint density at radius 2 is 1.00 bits per heavy atom. The molecule has 0 aliphatic heterocycles. The van der Waals surface area contributed by atoms with Gasteiger partial charge in [0.15, 0.2) is 0 Å². The predicted octanol–water partition coefficient (Wildman–Crippen LogP) is -0.670. The fourth-order valence-corrected chi connectivity index (χ4v) is 0. The molecule has 0 bridgehead atoms. The molecule has 42 valence electrons. The third-order valence-corrected chi connectivity index (χ3v) is 0. The van der Waals surface area contributed by atoms with Gasteiger partial charge in [0.1, 0.15) is 0 Å². The van der Waals surface area contributed by atoms with Crippen LogP contribution < -0.4 is 6.15 Å². The number of rotatable bonds is 0. The molecule has 0 aliphatic rings. The third-order valence-electron chi connectivity index (χ3n) is 0. The predicted molar refractivity (Wildman–Crippen MR) is 8.64 cm³/mol. The molecule has 0 fully saturated rings. The van der Waals surface area contributed by atoms with Crippen LogP contribution in [0.25, 0.3) is 0 Å². The smallest absolute Gasteiger partial charge is 0 e. The quantitative estimate of drug-likeness (QED) is 0.526. The van der Waals surface area contributed by atoms with Gasteiger partial charge in [-0.05, 0) is 0 Å². The molecule has 0 aromatic heterocycles. The Hall–Kier alpha value is 1.44. The average Bonchev–Trinajstić information content (AvgIpc) is 0. The Morgan fingerprint density at radius 1 is 1.00 bits per heavy atom. The van der Waals surface area contributed by atoms with Gasteiger partial charge >= 0.3 is 0 Å². The molecular formula is H5CoMnNNiO. The molecule has 0 atom stereocenters. The topological polar surface area (TPSA) is 66.5 Å². The molecule has 0 saturated heterocycles. The van der Waals surface area contributed by atoms with Crippen LogP contribution >= 0.6 is 0 Å². The van der Waals surface area contributed by atoms with Crippen LogP contribution in [0.2, 0.25) is 0 Å². The van der Waals surface area contributed by atoms with Gasteiger partial charge in [0.2, 0.25) is 0 Å². The fraction of sp³-hybridized carbons (Fsp3) is 0. The summed E-state index contributed by atoms with van der Waals surface area (Å²) in [6.45, 7) is 0. The molecule has 5 N–H and O–H groups in total. The first kappa shape index (κ1) is 92.0. The standard InChI is InChI=1S/Co.Mn.H3N.Ni.H2O/h;;1H3;;1H2. The van der Waals surface area contributed by atoms with Crippen molar-refractivity contribution in [3.63, 3.8) is 0 Å². The number of hydrogen-bond donors (Lipinski definition) is 1. The Bertz CT molecular complexity index is 11.6. The molecule has 0 rings (SSSR count). The van der Waals surface area contributed by atoms with E-state index in [4.69, 9.17) is 0 Å². The molecule has 0 spiro atoms. The Labute approximate surface area is 61.9 Å². The van der Waals surface area contributed by atoms with Crippen molar-refractivity contribution in [1.29, 1.82) is 0 Å². The van der Waals surface area contributed by atoms with Crippen molar-refractivity contribution in [3.8, 4) is 0 Å². The molecule has 0 amide bonds. The molecular weight excluding hydrogens is 203 g/mol. The van der Waals surface area contributed by atoms with Crippen LogP contribution in [0.5, 0.6) is 0 Å². The summed E-state index contributed by atoms with van der Waals surface area (Å²) < 4.78 is 0. The minimum atomic E-state index is 0. The second-order valence-electron chi connectivity index (χ2n) is 0. The van der Waals surface area contributed by atoms with Crippen LogP contribution in [0.1, 0.15) is 0 Å². The second-order valence-corrected chi connectivity index (χ2v) is 0. The van der Waals surface area contributed by atoms with Crippen molar-refractivity contribution in [2.24, 2.45) is 0 Å². The molecule has 0 unspecified atom stereocenters. The Balaban J connectivity index is 0. The summed E-state index contributed by atoms with van der Waals surface area (Å²) in [6, 6.07) is 0. The Morgan fingerprint density at radius 3 is 1.00 bits per heavy atom. The average molecular weight is 208 g/mol. The first-order valence-corrected chi connectivity index (χ1v) is 0. The molecule has 5 heteroatoms. The summed E-state index contributed by atoms with van der Waals surface area (Å²) in [5.74, 6) is 0. The molecule has 0 aliphatic carbocycles. The first-order chi connectivity index (χ1) is 0.